The molecule has 4 aromatic rings. The SMILES string of the molecule is Clc1ccc([C@]2(Cn3ccnc3)OC[C@@H](COc3ccc(-c4ccnc(NC5CCCCC5)n4)cc3)O2)c(Cl)c1.O=[N+]([O-])O.O=[N+]([O-])O. The van der Waals surface area contributed by atoms with E-state index < -0.39 is 16.0 Å². The molecule has 2 aromatic carbocycles. The molecule has 2 aliphatic rings. The van der Waals surface area contributed by atoms with Crippen molar-refractivity contribution in [3.63, 3.8) is 0 Å². The van der Waals surface area contributed by atoms with Crippen LogP contribution in [0.25, 0.3) is 11.3 Å². The summed E-state index contributed by atoms with van der Waals surface area (Å²) in [5.41, 5.74) is 2.58. The van der Waals surface area contributed by atoms with Crippen LogP contribution in [0.1, 0.15) is 37.7 Å². The average molecular weight is 707 g/mol. The molecule has 2 fully saturated rings. The standard InChI is InChI=1S/C30H31Cl2N5O3.2HNO3/c31-22-8-11-26(27(32)16-22)30(19-37-15-14-33-20-37)39-18-25(40-30)17-38-24-9-6-21(7-10-24)28-12-13-34-29(36-28)35-23-4-2-1-3-5-23;2*2-1(3)4/h6-16,20,23,25H,1-5,17-19H2,(H,34,35,36);2*(H,2,3,4)/t25-,30-;;/m1../s1. The first-order chi connectivity index (χ1) is 23.0. The minimum absolute atomic E-state index is 0.301. The van der Waals surface area contributed by atoms with Crippen molar-refractivity contribution < 1.29 is 34.8 Å². The molecule has 48 heavy (non-hydrogen) atoms. The van der Waals surface area contributed by atoms with Crippen LogP contribution in [0.2, 0.25) is 10.0 Å². The minimum Gasteiger partial charge on any atom is -0.491 e. The summed E-state index contributed by atoms with van der Waals surface area (Å²) >= 11 is 12.7. The fourth-order valence-corrected chi connectivity index (χ4v) is 5.86. The highest BCUT2D eigenvalue weighted by atomic mass is 35.5. The second-order valence-electron chi connectivity index (χ2n) is 10.7. The van der Waals surface area contributed by atoms with E-state index in [1.54, 1.807) is 30.9 Å². The van der Waals surface area contributed by atoms with Crippen molar-refractivity contribution in [1.82, 2.24) is 19.5 Å². The molecule has 16 nitrogen and oxygen atoms in total. The van der Waals surface area contributed by atoms with E-state index in [1.807, 2.05) is 47.2 Å². The Morgan fingerprint density at radius 1 is 1.02 bits per heavy atom. The van der Waals surface area contributed by atoms with Crippen molar-refractivity contribution >= 4 is 29.2 Å². The van der Waals surface area contributed by atoms with Gasteiger partial charge in [-0.15, -0.1) is 20.2 Å². The normalized spacial score (nSPS) is 18.8. The molecule has 0 unspecified atom stereocenters. The third kappa shape index (κ3) is 10.9. The molecule has 3 heterocycles. The predicted molar refractivity (Wildman–Crippen MR) is 172 cm³/mol. The minimum atomic E-state index is -1.50. The van der Waals surface area contributed by atoms with Gasteiger partial charge >= 0.3 is 0 Å². The molecule has 1 aliphatic carbocycles. The summed E-state index contributed by atoms with van der Waals surface area (Å²) in [6, 6.07) is 15.6. The molecule has 2 atom stereocenters. The Labute approximate surface area is 284 Å². The third-order valence-electron chi connectivity index (χ3n) is 7.33. The molecule has 256 valence electrons. The second-order valence-corrected chi connectivity index (χ2v) is 11.6. The van der Waals surface area contributed by atoms with Crippen LogP contribution in [0, 0.1) is 20.2 Å². The first-order valence-electron chi connectivity index (χ1n) is 14.8. The Bertz CT molecular complexity index is 1610. The molecule has 18 heteroatoms. The summed E-state index contributed by atoms with van der Waals surface area (Å²) in [5.74, 6) is 0.332. The van der Waals surface area contributed by atoms with Crippen LogP contribution in [0.4, 0.5) is 5.95 Å². The van der Waals surface area contributed by atoms with Crippen molar-refractivity contribution in [2.45, 2.75) is 56.6 Å². The number of benzene rings is 2. The number of ether oxygens (including phenoxy) is 3. The maximum atomic E-state index is 8.36. The molecule has 2 aromatic heterocycles. The van der Waals surface area contributed by atoms with Gasteiger partial charge in [0.2, 0.25) is 11.7 Å². The van der Waals surface area contributed by atoms with Gasteiger partial charge in [-0.3, -0.25) is 0 Å². The van der Waals surface area contributed by atoms with Crippen LogP contribution >= 0.6 is 23.2 Å². The molecular weight excluding hydrogens is 673 g/mol. The van der Waals surface area contributed by atoms with Crippen LogP contribution < -0.4 is 10.1 Å². The van der Waals surface area contributed by atoms with E-state index in [0.29, 0.717) is 47.4 Å². The van der Waals surface area contributed by atoms with E-state index >= 15 is 0 Å². The third-order valence-corrected chi connectivity index (χ3v) is 7.88. The number of aromatic nitrogens is 4. The van der Waals surface area contributed by atoms with Crippen LogP contribution in [0.15, 0.2) is 73.4 Å². The Kier molecular flexibility index (Phi) is 13.1. The number of hydrogen-bond donors (Lipinski definition) is 3. The van der Waals surface area contributed by atoms with Crippen molar-refractivity contribution in [3.05, 3.63) is 109 Å². The van der Waals surface area contributed by atoms with E-state index in [2.05, 4.69) is 15.3 Å². The summed E-state index contributed by atoms with van der Waals surface area (Å²) in [7, 11) is 0. The van der Waals surface area contributed by atoms with Crippen molar-refractivity contribution in [2.75, 3.05) is 18.5 Å². The lowest BCUT2D eigenvalue weighted by Crippen LogP contribution is -2.34. The Morgan fingerprint density at radius 2 is 1.73 bits per heavy atom. The summed E-state index contributed by atoms with van der Waals surface area (Å²) in [5, 5.41) is 31.8. The van der Waals surface area contributed by atoms with Crippen LogP contribution in [-0.4, -0.2) is 65.5 Å². The van der Waals surface area contributed by atoms with Gasteiger partial charge in [0.25, 0.3) is 10.2 Å². The van der Waals surface area contributed by atoms with Gasteiger partial charge < -0.3 is 34.5 Å². The fourth-order valence-electron chi connectivity index (χ4n) is 5.30. The lowest BCUT2D eigenvalue weighted by atomic mass is 9.96. The van der Waals surface area contributed by atoms with E-state index in [0.717, 1.165) is 17.0 Å². The van der Waals surface area contributed by atoms with Crippen molar-refractivity contribution in [3.8, 4) is 17.0 Å². The molecule has 0 amide bonds. The molecule has 6 rings (SSSR count). The van der Waals surface area contributed by atoms with E-state index in [-0.39, 0.29) is 6.10 Å². The van der Waals surface area contributed by atoms with E-state index in [4.69, 9.17) is 73.0 Å². The summed E-state index contributed by atoms with van der Waals surface area (Å²) in [4.78, 5) is 30.0. The van der Waals surface area contributed by atoms with Gasteiger partial charge in [-0.05, 0) is 55.3 Å². The number of hydrogen-bond acceptors (Lipinski definition) is 11. The van der Waals surface area contributed by atoms with Crippen LogP contribution in [0.3, 0.4) is 0 Å². The lowest BCUT2D eigenvalue weighted by Gasteiger charge is -2.30. The number of rotatable bonds is 9. The molecule has 3 N–H and O–H groups in total. The van der Waals surface area contributed by atoms with Gasteiger partial charge in [0.15, 0.2) is 0 Å². The quantitative estimate of drug-likeness (QED) is 0.134. The van der Waals surface area contributed by atoms with E-state index in [1.165, 1.54) is 32.1 Å². The molecule has 1 aliphatic heterocycles. The monoisotopic (exact) mass is 705 g/mol. The highest BCUT2D eigenvalue weighted by Gasteiger charge is 2.45. The van der Waals surface area contributed by atoms with Crippen molar-refractivity contribution in [1.29, 1.82) is 0 Å². The molecule has 0 spiro atoms. The smallest absolute Gasteiger partial charge is 0.291 e. The van der Waals surface area contributed by atoms with Gasteiger partial charge in [-0.1, -0.05) is 48.5 Å². The number of nitrogens with zero attached hydrogens (tertiary/aromatic N) is 6. The number of nitrogens with one attached hydrogen (secondary N) is 1. The molecular formula is C30H33Cl2N7O9. The first-order valence-corrected chi connectivity index (χ1v) is 15.5. The Morgan fingerprint density at radius 3 is 2.38 bits per heavy atom. The van der Waals surface area contributed by atoms with Crippen LogP contribution in [-0.2, 0) is 21.8 Å². The summed E-state index contributed by atoms with van der Waals surface area (Å²) < 4.78 is 20.7. The van der Waals surface area contributed by atoms with Gasteiger partial charge in [0.05, 0.1) is 30.2 Å². The van der Waals surface area contributed by atoms with Gasteiger partial charge in [-0.25, -0.2) is 15.0 Å². The van der Waals surface area contributed by atoms with E-state index in [9.17, 15) is 0 Å². The zero-order chi connectivity index (χ0) is 34.5. The highest BCUT2D eigenvalue weighted by Crippen LogP contribution is 2.40. The van der Waals surface area contributed by atoms with Crippen LogP contribution in [0.5, 0.6) is 5.75 Å². The predicted octanol–water partition coefficient (Wildman–Crippen LogP) is 6.04. The Hall–Kier alpha value is -4.77. The van der Waals surface area contributed by atoms with Gasteiger partial charge in [0.1, 0.15) is 18.5 Å². The largest absolute Gasteiger partial charge is 0.491 e. The first kappa shape index (κ1) is 36.1. The average Bonchev–Trinajstić information content (AvgIpc) is 3.71. The number of halogens is 2. The lowest BCUT2D eigenvalue weighted by molar-refractivity contribution is -0.742. The molecule has 0 radical (unpaired) electrons. The fraction of sp³-hybridized carbons (Fsp3) is 0.367. The van der Waals surface area contributed by atoms with Gasteiger partial charge in [0, 0.05) is 40.8 Å². The topological polar surface area (TPSA) is 210 Å². The molecule has 0 bridgehead atoms. The number of anilines is 1. The molecule has 1 saturated carbocycles. The maximum absolute atomic E-state index is 8.36. The Balaban J connectivity index is 0.000000588. The van der Waals surface area contributed by atoms with Gasteiger partial charge in [-0.2, -0.15) is 0 Å². The second kappa shape index (κ2) is 17.4. The molecule has 1 saturated heterocycles. The maximum Gasteiger partial charge on any atom is 0.291 e. The zero-order valence-electron chi connectivity index (χ0n) is 25.4. The van der Waals surface area contributed by atoms with Crippen molar-refractivity contribution in [2.24, 2.45) is 0 Å². The zero-order valence-corrected chi connectivity index (χ0v) is 26.9. The summed E-state index contributed by atoms with van der Waals surface area (Å²) in [6.45, 7) is 1.05. The number of imidazole rings is 1. The summed E-state index contributed by atoms with van der Waals surface area (Å²) in [6.07, 6.45) is 13.0. The highest BCUT2D eigenvalue weighted by molar-refractivity contribution is 6.35.